The Labute approximate surface area is 137 Å². The van der Waals surface area contributed by atoms with Crippen LogP contribution >= 0.6 is 0 Å². The van der Waals surface area contributed by atoms with Crippen LogP contribution in [-0.4, -0.2) is 29.1 Å². The van der Waals surface area contributed by atoms with E-state index in [9.17, 15) is 4.79 Å². The van der Waals surface area contributed by atoms with Crippen molar-refractivity contribution in [2.75, 3.05) is 13.1 Å². The number of nitrogens with zero attached hydrogens (tertiary/aromatic N) is 2. The van der Waals surface area contributed by atoms with Crippen LogP contribution in [0.15, 0.2) is 28.8 Å². The second-order valence-electron chi connectivity index (χ2n) is 6.57. The maximum Gasteiger partial charge on any atom is 0.227 e. The summed E-state index contributed by atoms with van der Waals surface area (Å²) in [5.41, 5.74) is 4.50. The van der Waals surface area contributed by atoms with Crippen LogP contribution in [0.5, 0.6) is 0 Å². The van der Waals surface area contributed by atoms with Gasteiger partial charge in [0.25, 0.3) is 0 Å². The summed E-state index contributed by atoms with van der Waals surface area (Å²) in [7, 11) is 0. The van der Waals surface area contributed by atoms with Gasteiger partial charge >= 0.3 is 0 Å². The van der Waals surface area contributed by atoms with Gasteiger partial charge in [0.1, 0.15) is 5.76 Å². The first-order chi connectivity index (χ1) is 11.0. The standard InChI is InChI=1S/C19H24N2O2/c1-13-5-4-6-14(2)17(13)12-19(22)21-9-7-16(8-10-21)18-11-15(3)20-23-18/h4-6,11,16H,7-10,12H2,1-3H3. The van der Waals surface area contributed by atoms with Crippen molar-refractivity contribution >= 4 is 5.91 Å². The van der Waals surface area contributed by atoms with E-state index < -0.39 is 0 Å². The van der Waals surface area contributed by atoms with Crippen LogP contribution in [0.3, 0.4) is 0 Å². The van der Waals surface area contributed by atoms with E-state index in [1.807, 2.05) is 24.0 Å². The van der Waals surface area contributed by atoms with Crippen molar-refractivity contribution in [2.24, 2.45) is 0 Å². The molecule has 1 aliphatic rings. The van der Waals surface area contributed by atoms with E-state index >= 15 is 0 Å². The molecule has 3 rings (SSSR count). The number of rotatable bonds is 3. The molecule has 4 nitrogen and oxygen atoms in total. The number of likely N-dealkylation sites (tertiary alicyclic amines) is 1. The number of hydrogen-bond donors (Lipinski definition) is 0. The number of carbonyl (C=O) groups is 1. The average molecular weight is 312 g/mol. The molecule has 0 radical (unpaired) electrons. The lowest BCUT2D eigenvalue weighted by atomic mass is 9.93. The second kappa shape index (κ2) is 6.57. The number of aryl methyl sites for hydroxylation is 3. The molecule has 122 valence electrons. The van der Waals surface area contributed by atoms with E-state index in [4.69, 9.17) is 4.52 Å². The smallest absolute Gasteiger partial charge is 0.227 e. The highest BCUT2D eigenvalue weighted by Gasteiger charge is 2.26. The van der Waals surface area contributed by atoms with Crippen molar-refractivity contribution in [2.45, 2.75) is 46.0 Å². The zero-order valence-electron chi connectivity index (χ0n) is 14.1. The molecule has 2 heterocycles. The minimum Gasteiger partial charge on any atom is -0.361 e. The van der Waals surface area contributed by atoms with Gasteiger partial charge in [-0.05, 0) is 50.3 Å². The van der Waals surface area contributed by atoms with Crippen molar-refractivity contribution in [3.05, 3.63) is 52.4 Å². The molecule has 0 N–H and O–H groups in total. The Bertz CT molecular complexity index is 677. The molecule has 1 amide bonds. The van der Waals surface area contributed by atoms with Crippen LogP contribution in [0.25, 0.3) is 0 Å². The third kappa shape index (κ3) is 3.46. The molecular weight excluding hydrogens is 288 g/mol. The minimum atomic E-state index is 0.231. The van der Waals surface area contributed by atoms with Crippen molar-refractivity contribution < 1.29 is 9.32 Å². The van der Waals surface area contributed by atoms with Gasteiger partial charge in [0.2, 0.25) is 5.91 Å². The topological polar surface area (TPSA) is 46.3 Å². The predicted molar refractivity (Wildman–Crippen MR) is 89.4 cm³/mol. The van der Waals surface area contributed by atoms with Gasteiger partial charge in [0.15, 0.2) is 0 Å². The quantitative estimate of drug-likeness (QED) is 0.870. The molecule has 2 aromatic rings. The number of amides is 1. The first kappa shape index (κ1) is 15.8. The summed E-state index contributed by atoms with van der Waals surface area (Å²) in [4.78, 5) is 14.6. The molecule has 0 bridgehead atoms. The van der Waals surface area contributed by atoms with Gasteiger partial charge in [-0.2, -0.15) is 0 Å². The fraction of sp³-hybridized carbons (Fsp3) is 0.474. The summed E-state index contributed by atoms with van der Waals surface area (Å²) in [6.45, 7) is 7.70. The fourth-order valence-corrected chi connectivity index (χ4v) is 3.38. The summed E-state index contributed by atoms with van der Waals surface area (Å²) >= 11 is 0. The summed E-state index contributed by atoms with van der Waals surface area (Å²) in [6.07, 6.45) is 2.41. The first-order valence-corrected chi connectivity index (χ1v) is 8.30. The lowest BCUT2D eigenvalue weighted by molar-refractivity contribution is -0.131. The van der Waals surface area contributed by atoms with Gasteiger partial charge in [-0.15, -0.1) is 0 Å². The molecule has 0 aliphatic carbocycles. The largest absolute Gasteiger partial charge is 0.361 e. The molecule has 0 unspecified atom stereocenters. The Morgan fingerprint density at radius 3 is 2.43 bits per heavy atom. The Hall–Kier alpha value is -2.10. The fourth-order valence-electron chi connectivity index (χ4n) is 3.38. The van der Waals surface area contributed by atoms with Gasteiger partial charge in [0, 0.05) is 25.1 Å². The second-order valence-corrected chi connectivity index (χ2v) is 6.57. The summed E-state index contributed by atoms with van der Waals surface area (Å²) in [5, 5.41) is 3.97. The molecule has 4 heteroatoms. The van der Waals surface area contributed by atoms with E-state index in [1.54, 1.807) is 0 Å². The molecule has 1 fully saturated rings. The first-order valence-electron chi connectivity index (χ1n) is 8.30. The van der Waals surface area contributed by atoms with Crippen LogP contribution in [0.2, 0.25) is 0 Å². The van der Waals surface area contributed by atoms with Crippen LogP contribution < -0.4 is 0 Å². The molecule has 1 aromatic carbocycles. The lowest BCUT2D eigenvalue weighted by Crippen LogP contribution is -2.38. The third-order valence-corrected chi connectivity index (χ3v) is 4.87. The summed E-state index contributed by atoms with van der Waals surface area (Å²) in [6, 6.07) is 8.21. The van der Waals surface area contributed by atoms with E-state index in [1.165, 1.54) is 16.7 Å². The number of carbonyl (C=O) groups excluding carboxylic acids is 1. The highest BCUT2D eigenvalue weighted by atomic mass is 16.5. The van der Waals surface area contributed by atoms with Gasteiger partial charge in [-0.1, -0.05) is 23.4 Å². The monoisotopic (exact) mass is 312 g/mol. The Morgan fingerprint density at radius 1 is 1.22 bits per heavy atom. The number of hydrogen-bond acceptors (Lipinski definition) is 3. The average Bonchev–Trinajstić information content (AvgIpc) is 2.97. The van der Waals surface area contributed by atoms with Gasteiger partial charge in [0.05, 0.1) is 12.1 Å². The van der Waals surface area contributed by atoms with Gasteiger partial charge in [-0.3, -0.25) is 4.79 Å². The number of benzene rings is 1. The Morgan fingerprint density at radius 2 is 1.87 bits per heavy atom. The highest BCUT2D eigenvalue weighted by molar-refractivity contribution is 5.79. The van der Waals surface area contributed by atoms with E-state index in [0.717, 1.165) is 37.4 Å². The van der Waals surface area contributed by atoms with E-state index in [0.29, 0.717) is 12.3 Å². The molecule has 0 saturated carbocycles. The number of piperidine rings is 1. The molecule has 1 aliphatic heterocycles. The van der Waals surface area contributed by atoms with E-state index in [-0.39, 0.29) is 5.91 Å². The molecular formula is C19H24N2O2. The van der Waals surface area contributed by atoms with Gasteiger partial charge < -0.3 is 9.42 Å². The van der Waals surface area contributed by atoms with Crippen LogP contribution in [-0.2, 0) is 11.2 Å². The summed E-state index contributed by atoms with van der Waals surface area (Å²) < 4.78 is 5.37. The van der Waals surface area contributed by atoms with Crippen molar-refractivity contribution in [3.8, 4) is 0 Å². The van der Waals surface area contributed by atoms with Gasteiger partial charge in [-0.25, -0.2) is 0 Å². The molecule has 23 heavy (non-hydrogen) atoms. The predicted octanol–water partition coefficient (Wildman–Crippen LogP) is 3.55. The zero-order chi connectivity index (χ0) is 16.4. The van der Waals surface area contributed by atoms with Crippen molar-refractivity contribution in [1.82, 2.24) is 10.1 Å². The molecule has 0 spiro atoms. The molecule has 0 atom stereocenters. The minimum absolute atomic E-state index is 0.231. The van der Waals surface area contributed by atoms with E-state index in [2.05, 4.69) is 31.1 Å². The lowest BCUT2D eigenvalue weighted by Gasteiger charge is -2.31. The van der Waals surface area contributed by atoms with Crippen LogP contribution in [0, 0.1) is 20.8 Å². The Kier molecular flexibility index (Phi) is 4.51. The molecule has 1 aromatic heterocycles. The highest BCUT2D eigenvalue weighted by Crippen LogP contribution is 2.29. The third-order valence-electron chi connectivity index (χ3n) is 4.87. The summed E-state index contributed by atoms with van der Waals surface area (Å²) in [5.74, 6) is 1.58. The maximum absolute atomic E-state index is 12.6. The SMILES string of the molecule is Cc1cc(C2CCN(C(=O)Cc3c(C)cccc3C)CC2)on1. The van der Waals surface area contributed by atoms with Crippen LogP contribution in [0.1, 0.15) is 46.9 Å². The molecule has 1 saturated heterocycles. The number of aromatic nitrogens is 1. The zero-order valence-corrected chi connectivity index (χ0v) is 14.1. The van der Waals surface area contributed by atoms with Crippen molar-refractivity contribution in [1.29, 1.82) is 0 Å². The van der Waals surface area contributed by atoms with Crippen molar-refractivity contribution in [3.63, 3.8) is 0 Å². The normalized spacial score (nSPS) is 15.9. The Balaban J connectivity index is 1.60. The maximum atomic E-state index is 12.6. The van der Waals surface area contributed by atoms with Crippen LogP contribution in [0.4, 0.5) is 0 Å².